The first-order chi connectivity index (χ1) is 8.31. The smallest absolute Gasteiger partial charge is 0.0446 e. The van der Waals surface area contributed by atoms with E-state index in [1.807, 2.05) is 0 Å². The van der Waals surface area contributed by atoms with Crippen LogP contribution in [0.4, 0.5) is 0 Å². The lowest BCUT2D eigenvalue weighted by Crippen LogP contribution is -2.46. The van der Waals surface area contributed by atoms with Gasteiger partial charge in [0.15, 0.2) is 0 Å². The maximum absolute atomic E-state index is 9.11. The highest BCUT2D eigenvalue weighted by Crippen LogP contribution is 2.26. The topological polar surface area (TPSA) is 35.5 Å². The summed E-state index contributed by atoms with van der Waals surface area (Å²) in [5.74, 6) is 0. The van der Waals surface area contributed by atoms with E-state index in [2.05, 4.69) is 17.1 Å². The van der Waals surface area contributed by atoms with Crippen LogP contribution < -0.4 is 5.32 Å². The van der Waals surface area contributed by atoms with Crippen LogP contribution in [0, 0.1) is 0 Å². The third kappa shape index (κ3) is 3.67. The molecule has 1 aliphatic heterocycles. The van der Waals surface area contributed by atoms with Gasteiger partial charge in [-0.05, 0) is 39.2 Å². The fourth-order valence-electron chi connectivity index (χ4n) is 3.43. The number of aliphatic hydroxyl groups excluding tert-OH is 1. The normalized spacial score (nSPS) is 33.5. The van der Waals surface area contributed by atoms with Gasteiger partial charge in [0.2, 0.25) is 0 Å². The van der Waals surface area contributed by atoms with Crippen molar-refractivity contribution in [1.29, 1.82) is 0 Å². The number of nitrogens with zero attached hydrogens (tertiary/aromatic N) is 1. The molecule has 0 aromatic rings. The Morgan fingerprint density at radius 1 is 1.18 bits per heavy atom. The maximum atomic E-state index is 9.11. The fraction of sp³-hybridized carbons (Fsp3) is 1.00. The Kier molecular flexibility index (Phi) is 5.26. The third-order valence-electron chi connectivity index (χ3n) is 4.51. The lowest BCUT2D eigenvalue weighted by molar-refractivity contribution is 0.105. The summed E-state index contributed by atoms with van der Waals surface area (Å²) in [6, 6.07) is 2.00. The molecule has 2 atom stereocenters. The lowest BCUT2D eigenvalue weighted by Gasteiger charge is -2.38. The van der Waals surface area contributed by atoms with E-state index >= 15 is 0 Å². The van der Waals surface area contributed by atoms with Gasteiger partial charge in [0.25, 0.3) is 0 Å². The molecule has 3 heteroatoms. The quantitative estimate of drug-likeness (QED) is 0.789. The molecule has 2 unspecified atom stereocenters. The van der Waals surface area contributed by atoms with Gasteiger partial charge in [-0.3, -0.25) is 4.90 Å². The van der Waals surface area contributed by atoms with Gasteiger partial charge >= 0.3 is 0 Å². The first kappa shape index (κ1) is 13.3. The van der Waals surface area contributed by atoms with Crippen molar-refractivity contribution in [1.82, 2.24) is 10.2 Å². The second-order valence-corrected chi connectivity index (χ2v) is 5.79. The van der Waals surface area contributed by atoms with Gasteiger partial charge in [-0.1, -0.05) is 19.3 Å². The molecule has 0 spiro atoms. The maximum Gasteiger partial charge on any atom is 0.0446 e. The van der Waals surface area contributed by atoms with Gasteiger partial charge in [-0.2, -0.15) is 0 Å². The van der Waals surface area contributed by atoms with Crippen LogP contribution in [0.1, 0.15) is 51.9 Å². The van der Waals surface area contributed by atoms with Crippen LogP contribution in [0.25, 0.3) is 0 Å². The summed E-state index contributed by atoms with van der Waals surface area (Å²) in [5.41, 5.74) is 0. The second kappa shape index (κ2) is 6.72. The van der Waals surface area contributed by atoms with Crippen molar-refractivity contribution >= 4 is 0 Å². The molecule has 2 aliphatic rings. The largest absolute Gasteiger partial charge is 0.396 e. The molecular weight excluding hydrogens is 212 g/mol. The van der Waals surface area contributed by atoms with E-state index in [1.165, 1.54) is 38.5 Å². The van der Waals surface area contributed by atoms with E-state index in [0.29, 0.717) is 18.7 Å². The van der Waals surface area contributed by atoms with Gasteiger partial charge in [-0.25, -0.2) is 0 Å². The molecule has 0 amide bonds. The Hall–Kier alpha value is -0.120. The summed E-state index contributed by atoms with van der Waals surface area (Å²) in [4.78, 5) is 2.72. The van der Waals surface area contributed by atoms with Crippen molar-refractivity contribution in [2.75, 3.05) is 19.7 Å². The standard InChI is InChI=1S/C14H28N2O/c1-12-7-9-15-13(8-10-17)11-16(12)14-5-3-2-4-6-14/h12-15,17H,2-11H2,1H3. The molecule has 0 aromatic heterocycles. The summed E-state index contributed by atoms with van der Waals surface area (Å²) in [7, 11) is 0. The minimum Gasteiger partial charge on any atom is -0.396 e. The highest BCUT2D eigenvalue weighted by Gasteiger charge is 2.29. The Balaban J connectivity index is 1.95. The lowest BCUT2D eigenvalue weighted by atomic mass is 9.92. The van der Waals surface area contributed by atoms with Gasteiger partial charge in [0.1, 0.15) is 0 Å². The first-order valence-corrected chi connectivity index (χ1v) is 7.41. The molecule has 2 fully saturated rings. The van der Waals surface area contributed by atoms with Crippen molar-refractivity contribution in [2.45, 2.75) is 70.0 Å². The SMILES string of the molecule is CC1CCNC(CCO)CN1C1CCCCC1. The molecule has 0 bridgehead atoms. The number of hydrogen-bond donors (Lipinski definition) is 2. The van der Waals surface area contributed by atoms with Crippen LogP contribution >= 0.6 is 0 Å². The molecule has 1 saturated heterocycles. The van der Waals surface area contributed by atoms with E-state index in [1.54, 1.807) is 0 Å². The summed E-state index contributed by atoms with van der Waals surface area (Å²) >= 11 is 0. The molecule has 17 heavy (non-hydrogen) atoms. The molecule has 1 heterocycles. The Morgan fingerprint density at radius 2 is 1.94 bits per heavy atom. The highest BCUT2D eigenvalue weighted by molar-refractivity contribution is 4.86. The molecule has 0 aromatic carbocycles. The predicted octanol–water partition coefficient (Wildman–Crippen LogP) is 1.75. The molecular formula is C14H28N2O. The summed E-state index contributed by atoms with van der Waals surface area (Å²) in [5, 5.41) is 12.7. The van der Waals surface area contributed by atoms with Crippen LogP contribution in [0.2, 0.25) is 0 Å². The molecule has 2 rings (SSSR count). The zero-order valence-electron chi connectivity index (χ0n) is 11.2. The molecule has 3 nitrogen and oxygen atoms in total. The second-order valence-electron chi connectivity index (χ2n) is 5.79. The predicted molar refractivity (Wildman–Crippen MR) is 71.2 cm³/mol. The highest BCUT2D eigenvalue weighted by atomic mass is 16.3. The van der Waals surface area contributed by atoms with E-state index in [9.17, 15) is 0 Å². The Labute approximate surface area is 106 Å². The minimum atomic E-state index is 0.310. The number of aliphatic hydroxyl groups is 1. The molecule has 2 N–H and O–H groups in total. The average molecular weight is 240 g/mol. The first-order valence-electron chi connectivity index (χ1n) is 7.41. The van der Waals surface area contributed by atoms with Crippen LogP contribution in [0.3, 0.4) is 0 Å². The molecule has 0 radical (unpaired) electrons. The van der Waals surface area contributed by atoms with Gasteiger partial charge in [-0.15, -0.1) is 0 Å². The molecule has 1 aliphatic carbocycles. The van der Waals surface area contributed by atoms with Crippen LogP contribution in [0.15, 0.2) is 0 Å². The molecule has 1 saturated carbocycles. The van der Waals surface area contributed by atoms with Gasteiger partial charge < -0.3 is 10.4 Å². The van der Waals surface area contributed by atoms with Gasteiger partial charge in [0, 0.05) is 31.3 Å². The third-order valence-corrected chi connectivity index (χ3v) is 4.51. The summed E-state index contributed by atoms with van der Waals surface area (Å²) < 4.78 is 0. The van der Waals surface area contributed by atoms with E-state index < -0.39 is 0 Å². The van der Waals surface area contributed by atoms with Crippen molar-refractivity contribution in [3.05, 3.63) is 0 Å². The van der Waals surface area contributed by atoms with Crippen molar-refractivity contribution in [3.8, 4) is 0 Å². The fourth-order valence-corrected chi connectivity index (χ4v) is 3.43. The van der Waals surface area contributed by atoms with Gasteiger partial charge in [0.05, 0.1) is 0 Å². The van der Waals surface area contributed by atoms with Crippen LogP contribution in [0.5, 0.6) is 0 Å². The minimum absolute atomic E-state index is 0.310. The van der Waals surface area contributed by atoms with E-state index in [-0.39, 0.29) is 0 Å². The van der Waals surface area contributed by atoms with Crippen molar-refractivity contribution in [3.63, 3.8) is 0 Å². The number of hydrogen-bond acceptors (Lipinski definition) is 3. The number of rotatable bonds is 3. The van der Waals surface area contributed by atoms with Crippen LogP contribution in [-0.4, -0.2) is 47.8 Å². The van der Waals surface area contributed by atoms with Crippen molar-refractivity contribution in [2.24, 2.45) is 0 Å². The zero-order chi connectivity index (χ0) is 12.1. The Bertz CT molecular complexity index is 216. The monoisotopic (exact) mass is 240 g/mol. The summed E-state index contributed by atoms with van der Waals surface area (Å²) in [6.45, 7) is 4.92. The van der Waals surface area contributed by atoms with Crippen molar-refractivity contribution < 1.29 is 5.11 Å². The number of nitrogens with one attached hydrogen (secondary N) is 1. The van der Waals surface area contributed by atoms with E-state index in [0.717, 1.165) is 25.6 Å². The zero-order valence-corrected chi connectivity index (χ0v) is 11.2. The van der Waals surface area contributed by atoms with Crippen LogP contribution in [-0.2, 0) is 0 Å². The van der Waals surface area contributed by atoms with E-state index in [4.69, 9.17) is 5.11 Å². The summed E-state index contributed by atoms with van der Waals surface area (Å²) in [6.07, 6.45) is 9.16. The Morgan fingerprint density at radius 3 is 2.65 bits per heavy atom. The molecule has 100 valence electrons. The average Bonchev–Trinajstić information content (AvgIpc) is 2.53.